The third-order valence-electron chi connectivity index (χ3n) is 3.77. The molecule has 3 heteroatoms. The fourth-order valence-corrected chi connectivity index (χ4v) is 2.39. The van der Waals surface area contributed by atoms with Crippen molar-refractivity contribution in [3.63, 3.8) is 0 Å². The highest BCUT2D eigenvalue weighted by molar-refractivity contribution is 5.31. The quantitative estimate of drug-likeness (QED) is 0.900. The molecule has 0 aliphatic carbocycles. The number of aromatic nitrogens is 2. The van der Waals surface area contributed by atoms with Gasteiger partial charge in [0.05, 0.1) is 17.9 Å². The lowest BCUT2D eigenvalue weighted by Crippen LogP contribution is -2.35. The van der Waals surface area contributed by atoms with E-state index in [1.54, 1.807) is 0 Å². The van der Waals surface area contributed by atoms with E-state index in [1.807, 2.05) is 24.0 Å². The summed E-state index contributed by atoms with van der Waals surface area (Å²) in [6.45, 7) is 6.42. The predicted molar refractivity (Wildman–Crippen MR) is 74.3 cm³/mol. The third kappa shape index (κ3) is 2.06. The summed E-state index contributed by atoms with van der Waals surface area (Å²) in [7, 11) is 1.95. The summed E-state index contributed by atoms with van der Waals surface area (Å²) in [5.74, 6) is 0. The van der Waals surface area contributed by atoms with Gasteiger partial charge in [-0.2, -0.15) is 5.10 Å². The fraction of sp³-hybridized carbons (Fsp3) is 0.400. The van der Waals surface area contributed by atoms with Gasteiger partial charge in [-0.05, 0) is 18.1 Å². The van der Waals surface area contributed by atoms with Gasteiger partial charge in [-0.1, -0.05) is 44.2 Å². The van der Waals surface area contributed by atoms with E-state index < -0.39 is 0 Å². The van der Waals surface area contributed by atoms with Gasteiger partial charge in [0, 0.05) is 12.5 Å². The van der Waals surface area contributed by atoms with Gasteiger partial charge >= 0.3 is 0 Å². The van der Waals surface area contributed by atoms with Gasteiger partial charge in [-0.25, -0.2) is 0 Å². The minimum absolute atomic E-state index is 0.0765. The topological polar surface area (TPSA) is 43.8 Å². The maximum atomic E-state index is 6.49. The molecule has 3 nitrogen and oxygen atoms in total. The van der Waals surface area contributed by atoms with Gasteiger partial charge in [0.2, 0.25) is 0 Å². The van der Waals surface area contributed by atoms with Crippen LogP contribution in [-0.2, 0) is 12.5 Å². The molecule has 2 N–H and O–H groups in total. The molecule has 0 fully saturated rings. The minimum atomic E-state index is -0.125. The summed E-state index contributed by atoms with van der Waals surface area (Å²) in [4.78, 5) is 0. The maximum Gasteiger partial charge on any atom is 0.0586 e. The molecule has 0 radical (unpaired) electrons. The highest BCUT2D eigenvalue weighted by Crippen LogP contribution is 2.35. The van der Waals surface area contributed by atoms with Crippen molar-refractivity contribution in [3.8, 4) is 0 Å². The van der Waals surface area contributed by atoms with Crippen molar-refractivity contribution in [2.45, 2.75) is 32.2 Å². The zero-order valence-corrected chi connectivity index (χ0v) is 11.5. The lowest BCUT2D eigenvalue weighted by Gasteiger charge is -2.32. The van der Waals surface area contributed by atoms with E-state index in [9.17, 15) is 0 Å². The molecule has 18 heavy (non-hydrogen) atoms. The Morgan fingerprint density at radius 2 is 1.83 bits per heavy atom. The molecule has 0 saturated heterocycles. The molecule has 0 saturated carbocycles. The summed E-state index contributed by atoms with van der Waals surface area (Å²) in [5, 5.41) is 4.28. The molecular formula is C15H21N3. The molecule has 0 aliphatic heterocycles. The van der Waals surface area contributed by atoms with E-state index in [0.29, 0.717) is 0 Å². The van der Waals surface area contributed by atoms with Crippen molar-refractivity contribution in [2.24, 2.45) is 12.8 Å². The van der Waals surface area contributed by atoms with Gasteiger partial charge in [-0.3, -0.25) is 4.68 Å². The predicted octanol–water partition coefficient (Wildman–Crippen LogP) is 2.71. The molecular weight excluding hydrogens is 222 g/mol. The first-order valence-corrected chi connectivity index (χ1v) is 6.24. The number of hydrogen-bond acceptors (Lipinski definition) is 2. The molecule has 2 rings (SSSR count). The first-order chi connectivity index (χ1) is 8.44. The molecule has 0 bridgehead atoms. The van der Waals surface area contributed by atoms with E-state index in [-0.39, 0.29) is 11.5 Å². The number of nitrogens with zero attached hydrogens (tertiary/aromatic N) is 2. The van der Waals surface area contributed by atoms with Gasteiger partial charge in [-0.15, -0.1) is 0 Å². The number of hydrogen-bond donors (Lipinski definition) is 1. The number of aryl methyl sites for hydroxylation is 2. The number of nitrogens with two attached hydrogens (primary N) is 1. The molecule has 2 aromatic rings. The Balaban J connectivity index is 2.42. The van der Waals surface area contributed by atoms with Crippen LogP contribution >= 0.6 is 0 Å². The summed E-state index contributed by atoms with van der Waals surface area (Å²) < 4.78 is 1.88. The van der Waals surface area contributed by atoms with E-state index in [0.717, 1.165) is 11.3 Å². The highest BCUT2D eigenvalue weighted by Gasteiger charge is 2.32. The smallest absolute Gasteiger partial charge is 0.0586 e. The Labute approximate surface area is 109 Å². The van der Waals surface area contributed by atoms with Crippen LogP contribution in [0.1, 0.15) is 36.7 Å². The van der Waals surface area contributed by atoms with Gasteiger partial charge < -0.3 is 5.73 Å². The number of rotatable bonds is 3. The van der Waals surface area contributed by atoms with Crippen molar-refractivity contribution in [2.75, 3.05) is 0 Å². The molecule has 0 amide bonds. The fourth-order valence-electron chi connectivity index (χ4n) is 2.39. The first kappa shape index (κ1) is 12.8. The van der Waals surface area contributed by atoms with Gasteiger partial charge in [0.25, 0.3) is 0 Å². The molecule has 1 unspecified atom stereocenters. The second kappa shape index (κ2) is 4.58. The molecule has 1 atom stereocenters. The monoisotopic (exact) mass is 243 g/mol. The molecule has 0 spiro atoms. The van der Waals surface area contributed by atoms with Crippen LogP contribution in [0.2, 0.25) is 0 Å². The van der Waals surface area contributed by atoms with Crippen molar-refractivity contribution >= 4 is 0 Å². The number of benzene rings is 1. The van der Waals surface area contributed by atoms with Gasteiger partial charge in [0.1, 0.15) is 0 Å². The molecule has 1 heterocycles. The second-order valence-electron chi connectivity index (χ2n) is 5.40. The van der Waals surface area contributed by atoms with Crippen LogP contribution in [0.5, 0.6) is 0 Å². The van der Waals surface area contributed by atoms with E-state index in [4.69, 9.17) is 5.73 Å². The summed E-state index contributed by atoms with van der Waals surface area (Å²) in [6.07, 6.45) is 1.87. The Morgan fingerprint density at radius 1 is 1.22 bits per heavy atom. The van der Waals surface area contributed by atoms with E-state index in [2.05, 4.69) is 50.1 Å². The first-order valence-electron chi connectivity index (χ1n) is 6.24. The normalized spacial score (nSPS) is 13.6. The Morgan fingerprint density at radius 3 is 2.33 bits per heavy atom. The Bertz CT molecular complexity index is 506. The van der Waals surface area contributed by atoms with Crippen molar-refractivity contribution in [1.82, 2.24) is 9.78 Å². The van der Waals surface area contributed by atoms with Crippen LogP contribution in [0.4, 0.5) is 0 Å². The molecule has 96 valence electrons. The maximum absolute atomic E-state index is 6.49. The van der Waals surface area contributed by atoms with Gasteiger partial charge in [0.15, 0.2) is 0 Å². The standard InChI is InChI=1S/C15H21N3/c1-11-10-17-18(4)13(11)14(16)15(2,3)12-8-6-5-7-9-12/h5-10,14H,16H2,1-4H3. The van der Waals surface area contributed by atoms with Crippen LogP contribution in [0.15, 0.2) is 36.5 Å². The third-order valence-corrected chi connectivity index (χ3v) is 3.77. The zero-order chi connectivity index (χ0) is 13.3. The summed E-state index contributed by atoms with van der Waals surface area (Å²) in [6, 6.07) is 10.3. The van der Waals surface area contributed by atoms with Crippen molar-refractivity contribution < 1.29 is 0 Å². The molecule has 1 aromatic carbocycles. The lowest BCUT2D eigenvalue weighted by molar-refractivity contribution is 0.399. The molecule has 1 aromatic heterocycles. The Kier molecular flexibility index (Phi) is 3.26. The average molecular weight is 243 g/mol. The van der Waals surface area contributed by atoms with Crippen molar-refractivity contribution in [1.29, 1.82) is 0 Å². The highest BCUT2D eigenvalue weighted by atomic mass is 15.3. The van der Waals surface area contributed by atoms with E-state index >= 15 is 0 Å². The largest absolute Gasteiger partial charge is 0.322 e. The zero-order valence-electron chi connectivity index (χ0n) is 11.5. The Hall–Kier alpha value is -1.61. The molecule has 0 aliphatic rings. The minimum Gasteiger partial charge on any atom is -0.322 e. The van der Waals surface area contributed by atoms with Crippen LogP contribution in [0.3, 0.4) is 0 Å². The van der Waals surface area contributed by atoms with Crippen LogP contribution in [0, 0.1) is 6.92 Å². The summed E-state index contributed by atoms with van der Waals surface area (Å²) in [5.41, 5.74) is 9.86. The van der Waals surface area contributed by atoms with E-state index in [1.165, 1.54) is 5.56 Å². The van der Waals surface area contributed by atoms with Crippen molar-refractivity contribution in [3.05, 3.63) is 53.3 Å². The second-order valence-corrected chi connectivity index (χ2v) is 5.40. The SMILES string of the molecule is Cc1cnn(C)c1C(N)C(C)(C)c1ccccc1. The summed E-state index contributed by atoms with van der Waals surface area (Å²) >= 11 is 0. The van der Waals surface area contributed by atoms with Crippen LogP contribution in [0.25, 0.3) is 0 Å². The average Bonchev–Trinajstić information content (AvgIpc) is 2.69. The van der Waals surface area contributed by atoms with Crippen LogP contribution < -0.4 is 5.73 Å². The lowest BCUT2D eigenvalue weighted by atomic mass is 9.76. The van der Waals surface area contributed by atoms with Crippen LogP contribution in [-0.4, -0.2) is 9.78 Å².